The first-order chi connectivity index (χ1) is 7.83. The van der Waals surface area contributed by atoms with Gasteiger partial charge >= 0.3 is 0 Å². The standard InChI is InChI=1S/C12H24N2O2/c13-7-9-16-10-8-14-12(15)6-5-11-3-1-2-4-11/h11H,1-10,13H2,(H,14,15). The predicted molar refractivity (Wildman–Crippen MR) is 64.1 cm³/mol. The maximum absolute atomic E-state index is 11.4. The molecule has 0 saturated heterocycles. The topological polar surface area (TPSA) is 64.3 Å². The van der Waals surface area contributed by atoms with Gasteiger partial charge in [-0.2, -0.15) is 0 Å². The average Bonchev–Trinajstić information content (AvgIpc) is 2.79. The highest BCUT2D eigenvalue weighted by Crippen LogP contribution is 2.28. The zero-order valence-corrected chi connectivity index (χ0v) is 10.0. The summed E-state index contributed by atoms with van der Waals surface area (Å²) >= 11 is 0. The quantitative estimate of drug-likeness (QED) is 0.610. The molecule has 0 unspecified atom stereocenters. The van der Waals surface area contributed by atoms with Crippen LogP contribution in [-0.2, 0) is 9.53 Å². The number of nitrogens with two attached hydrogens (primary N) is 1. The van der Waals surface area contributed by atoms with E-state index in [1.807, 2.05) is 0 Å². The lowest BCUT2D eigenvalue weighted by Crippen LogP contribution is -2.28. The van der Waals surface area contributed by atoms with Crippen LogP contribution in [0.3, 0.4) is 0 Å². The molecular weight excluding hydrogens is 204 g/mol. The van der Waals surface area contributed by atoms with Gasteiger partial charge in [0.05, 0.1) is 13.2 Å². The molecule has 1 fully saturated rings. The minimum absolute atomic E-state index is 0.156. The van der Waals surface area contributed by atoms with Crippen molar-refractivity contribution in [2.24, 2.45) is 11.7 Å². The van der Waals surface area contributed by atoms with E-state index < -0.39 is 0 Å². The summed E-state index contributed by atoms with van der Waals surface area (Å²) in [6, 6.07) is 0. The van der Waals surface area contributed by atoms with Gasteiger partial charge in [-0.25, -0.2) is 0 Å². The van der Waals surface area contributed by atoms with E-state index in [4.69, 9.17) is 10.5 Å². The molecule has 4 heteroatoms. The van der Waals surface area contributed by atoms with Gasteiger partial charge in [0.25, 0.3) is 0 Å². The van der Waals surface area contributed by atoms with Gasteiger partial charge in [0.2, 0.25) is 5.91 Å². The average molecular weight is 228 g/mol. The maximum Gasteiger partial charge on any atom is 0.220 e. The zero-order chi connectivity index (χ0) is 11.6. The molecule has 0 radical (unpaired) electrons. The van der Waals surface area contributed by atoms with E-state index in [0.717, 1.165) is 12.3 Å². The van der Waals surface area contributed by atoms with Gasteiger partial charge < -0.3 is 15.8 Å². The van der Waals surface area contributed by atoms with Crippen LogP contribution < -0.4 is 11.1 Å². The molecule has 0 aliphatic heterocycles. The van der Waals surface area contributed by atoms with Crippen LogP contribution in [0.15, 0.2) is 0 Å². The molecule has 0 aromatic carbocycles. The van der Waals surface area contributed by atoms with Gasteiger partial charge in [0.1, 0.15) is 0 Å². The summed E-state index contributed by atoms with van der Waals surface area (Å²) in [5, 5.41) is 2.86. The van der Waals surface area contributed by atoms with E-state index >= 15 is 0 Å². The van der Waals surface area contributed by atoms with Gasteiger partial charge in [-0.1, -0.05) is 25.7 Å². The monoisotopic (exact) mass is 228 g/mol. The van der Waals surface area contributed by atoms with Gasteiger partial charge in [0.15, 0.2) is 0 Å². The van der Waals surface area contributed by atoms with Crippen molar-refractivity contribution in [3.63, 3.8) is 0 Å². The van der Waals surface area contributed by atoms with E-state index in [0.29, 0.717) is 32.7 Å². The van der Waals surface area contributed by atoms with Crippen LogP contribution in [-0.4, -0.2) is 32.2 Å². The van der Waals surface area contributed by atoms with Crippen molar-refractivity contribution >= 4 is 5.91 Å². The molecule has 0 heterocycles. The van der Waals surface area contributed by atoms with E-state index in [9.17, 15) is 4.79 Å². The van der Waals surface area contributed by atoms with E-state index in [1.54, 1.807) is 0 Å². The third kappa shape index (κ3) is 6.08. The fourth-order valence-corrected chi connectivity index (χ4v) is 2.17. The normalized spacial score (nSPS) is 16.6. The van der Waals surface area contributed by atoms with Crippen molar-refractivity contribution in [1.29, 1.82) is 0 Å². The largest absolute Gasteiger partial charge is 0.378 e. The Bertz CT molecular complexity index is 191. The number of hydrogen-bond donors (Lipinski definition) is 2. The number of hydrogen-bond acceptors (Lipinski definition) is 3. The summed E-state index contributed by atoms with van der Waals surface area (Å²) < 4.78 is 5.17. The van der Waals surface area contributed by atoms with Crippen molar-refractivity contribution in [1.82, 2.24) is 5.32 Å². The van der Waals surface area contributed by atoms with Crippen LogP contribution in [0.2, 0.25) is 0 Å². The predicted octanol–water partition coefficient (Wildman–Crippen LogP) is 1.05. The Balaban J connectivity index is 1.90. The summed E-state index contributed by atoms with van der Waals surface area (Å²) in [4.78, 5) is 11.4. The lowest BCUT2D eigenvalue weighted by molar-refractivity contribution is -0.121. The second-order valence-corrected chi connectivity index (χ2v) is 4.44. The first-order valence-corrected chi connectivity index (χ1v) is 6.37. The molecule has 94 valence electrons. The van der Waals surface area contributed by atoms with Crippen molar-refractivity contribution in [2.75, 3.05) is 26.3 Å². The molecule has 1 amide bonds. The van der Waals surface area contributed by atoms with Crippen LogP contribution in [0, 0.1) is 5.92 Å². The van der Waals surface area contributed by atoms with Gasteiger partial charge in [-0.05, 0) is 12.3 Å². The number of amides is 1. The second-order valence-electron chi connectivity index (χ2n) is 4.44. The summed E-state index contributed by atoms with van der Waals surface area (Å²) in [7, 11) is 0. The van der Waals surface area contributed by atoms with Crippen LogP contribution in [0.1, 0.15) is 38.5 Å². The van der Waals surface area contributed by atoms with E-state index in [2.05, 4.69) is 5.32 Å². The molecule has 4 nitrogen and oxygen atoms in total. The molecule has 1 rings (SSSR count). The van der Waals surface area contributed by atoms with Gasteiger partial charge in [0, 0.05) is 19.5 Å². The lowest BCUT2D eigenvalue weighted by atomic mass is 10.0. The van der Waals surface area contributed by atoms with Crippen LogP contribution >= 0.6 is 0 Å². The van der Waals surface area contributed by atoms with Crippen LogP contribution in [0.25, 0.3) is 0 Å². The van der Waals surface area contributed by atoms with Crippen LogP contribution in [0.5, 0.6) is 0 Å². The Morgan fingerprint density at radius 2 is 2.06 bits per heavy atom. The van der Waals surface area contributed by atoms with Crippen molar-refractivity contribution in [3.05, 3.63) is 0 Å². The SMILES string of the molecule is NCCOCCNC(=O)CCC1CCCC1. The highest BCUT2D eigenvalue weighted by molar-refractivity contribution is 5.75. The number of carbonyl (C=O) groups is 1. The summed E-state index contributed by atoms with van der Waals surface area (Å²) in [5.74, 6) is 0.947. The highest BCUT2D eigenvalue weighted by Gasteiger charge is 2.15. The Hall–Kier alpha value is -0.610. The fraction of sp³-hybridized carbons (Fsp3) is 0.917. The number of ether oxygens (including phenoxy) is 1. The Kier molecular flexibility index (Phi) is 7.17. The molecule has 1 aliphatic carbocycles. The molecule has 1 aliphatic rings. The number of carbonyl (C=O) groups excluding carboxylic acids is 1. The molecule has 3 N–H and O–H groups in total. The summed E-state index contributed by atoms with van der Waals surface area (Å²) in [5.41, 5.74) is 5.28. The van der Waals surface area contributed by atoms with Gasteiger partial charge in [-0.3, -0.25) is 4.79 Å². The van der Waals surface area contributed by atoms with Gasteiger partial charge in [-0.15, -0.1) is 0 Å². The molecule has 0 aromatic rings. The fourth-order valence-electron chi connectivity index (χ4n) is 2.17. The molecule has 1 saturated carbocycles. The lowest BCUT2D eigenvalue weighted by Gasteiger charge is -2.09. The van der Waals surface area contributed by atoms with Crippen LogP contribution in [0.4, 0.5) is 0 Å². The number of nitrogens with one attached hydrogen (secondary N) is 1. The summed E-state index contributed by atoms with van der Waals surface area (Å²) in [6.07, 6.45) is 7.04. The highest BCUT2D eigenvalue weighted by atomic mass is 16.5. The first-order valence-electron chi connectivity index (χ1n) is 6.37. The van der Waals surface area contributed by atoms with Crippen molar-refractivity contribution in [2.45, 2.75) is 38.5 Å². The van der Waals surface area contributed by atoms with E-state index in [-0.39, 0.29) is 5.91 Å². The Labute approximate surface area is 97.9 Å². The zero-order valence-electron chi connectivity index (χ0n) is 10.0. The van der Waals surface area contributed by atoms with Crippen molar-refractivity contribution in [3.8, 4) is 0 Å². The van der Waals surface area contributed by atoms with E-state index in [1.165, 1.54) is 25.7 Å². The molecule has 0 atom stereocenters. The van der Waals surface area contributed by atoms with Crippen molar-refractivity contribution < 1.29 is 9.53 Å². The third-order valence-corrected chi connectivity index (χ3v) is 3.09. The first kappa shape index (κ1) is 13.5. The molecule has 0 bridgehead atoms. The summed E-state index contributed by atoms with van der Waals surface area (Å²) in [6.45, 7) is 2.27. The minimum Gasteiger partial charge on any atom is -0.378 e. The molecule has 0 aromatic heterocycles. The Morgan fingerprint density at radius 3 is 2.75 bits per heavy atom. The smallest absolute Gasteiger partial charge is 0.220 e. The maximum atomic E-state index is 11.4. The molecular formula is C12H24N2O2. The molecule has 0 spiro atoms. The Morgan fingerprint density at radius 1 is 1.31 bits per heavy atom. The second kappa shape index (κ2) is 8.53. The third-order valence-electron chi connectivity index (χ3n) is 3.09. The molecule has 16 heavy (non-hydrogen) atoms. The number of rotatable bonds is 8. The minimum atomic E-state index is 0.156.